The summed E-state index contributed by atoms with van der Waals surface area (Å²) in [6.45, 7) is 11.0. The van der Waals surface area contributed by atoms with Crippen molar-refractivity contribution in [3.63, 3.8) is 0 Å². The molecule has 0 aliphatic carbocycles. The van der Waals surface area contributed by atoms with Crippen LogP contribution in [0.1, 0.15) is 56.1 Å². The number of carbonyl (C=O) groups excluding carboxylic acids is 1. The van der Waals surface area contributed by atoms with Gasteiger partial charge in [-0.15, -0.1) is 0 Å². The van der Waals surface area contributed by atoms with Crippen LogP contribution in [0.2, 0.25) is 0 Å². The second-order valence-electron chi connectivity index (χ2n) is 5.95. The molecular weight excluding hydrogens is 236 g/mol. The maximum Gasteiger partial charge on any atom is 0.338 e. The van der Waals surface area contributed by atoms with E-state index in [1.165, 1.54) is 11.1 Å². The zero-order valence-corrected chi connectivity index (χ0v) is 12.8. The monoisotopic (exact) mass is 262 g/mol. The Morgan fingerprint density at radius 3 is 1.84 bits per heavy atom. The number of hydrogen-bond acceptors (Lipinski definition) is 2. The summed E-state index contributed by atoms with van der Waals surface area (Å²) in [5.74, 6) is 0.965. The van der Waals surface area contributed by atoms with Crippen molar-refractivity contribution in [1.29, 1.82) is 0 Å². The third kappa shape index (κ3) is 5.46. The van der Waals surface area contributed by atoms with Crippen molar-refractivity contribution < 1.29 is 9.53 Å². The van der Waals surface area contributed by atoms with Crippen LogP contribution >= 0.6 is 0 Å². The molecule has 1 aromatic carbocycles. The molecule has 1 rings (SSSR count). The number of ether oxygens (including phenoxy) is 1. The number of carbonyl (C=O) groups is 1. The van der Waals surface area contributed by atoms with Gasteiger partial charge in [-0.25, -0.2) is 4.79 Å². The molecule has 0 saturated carbocycles. The molecule has 0 saturated heterocycles. The van der Waals surface area contributed by atoms with Crippen LogP contribution in [0.25, 0.3) is 0 Å². The Morgan fingerprint density at radius 2 is 1.47 bits per heavy atom. The Labute approximate surface area is 117 Å². The minimum absolute atomic E-state index is 0.210. The molecule has 0 bridgehead atoms. The first-order valence-corrected chi connectivity index (χ1v) is 7.22. The van der Waals surface area contributed by atoms with Crippen molar-refractivity contribution in [2.45, 2.75) is 47.5 Å². The van der Waals surface area contributed by atoms with E-state index >= 15 is 0 Å². The van der Waals surface area contributed by atoms with E-state index < -0.39 is 0 Å². The van der Waals surface area contributed by atoms with E-state index in [1.54, 1.807) is 0 Å². The van der Waals surface area contributed by atoms with Gasteiger partial charge in [0.25, 0.3) is 0 Å². The molecule has 0 atom stereocenters. The summed E-state index contributed by atoms with van der Waals surface area (Å²) in [4.78, 5) is 11.9. The topological polar surface area (TPSA) is 26.3 Å². The quantitative estimate of drug-likeness (QED) is 0.716. The number of benzene rings is 1. The molecule has 0 spiro atoms. The predicted molar refractivity (Wildman–Crippen MR) is 79.5 cm³/mol. The molecule has 0 unspecified atom stereocenters. The minimum Gasteiger partial charge on any atom is -0.462 e. The van der Waals surface area contributed by atoms with Gasteiger partial charge in [0.1, 0.15) is 0 Å². The van der Waals surface area contributed by atoms with Gasteiger partial charge < -0.3 is 4.74 Å². The fourth-order valence-corrected chi connectivity index (χ4v) is 2.27. The summed E-state index contributed by atoms with van der Waals surface area (Å²) in [6, 6.07) is 6.17. The SMILES string of the molecule is CCOC(=O)c1cc(CC(C)C)cc(CC(C)C)c1. The first-order chi connectivity index (χ1) is 8.92. The number of hydrogen-bond donors (Lipinski definition) is 0. The third-order valence-electron chi connectivity index (χ3n) is 2.85. The second-order valence-corrected chi connectivity index (χ2v) is 5.95. The largest absolute Gasteiger partial charge is 0.462 e. The third-order valence-corrected chi connectivity index (χ3v) is 2.85. The van der Waals surface area contributed by atoms with Crippen LogP contribution in [-0.2, 0) is 17.6 Å². The number of rotatable bonds is 6. The smallest absolute Gasteiger partial charge is 0.338 e. The van der Waals surface area contributed by atoms with Gasteiger partial charge in [-0.2, -0.15) is 0 Å². The van der Waals surface area contributed by atoms with Gasteiger partial charge in [0.15, 0.2) is 0 Å². The van der Waals surface area contributed by atoms with Gasteiger partial charge in [0.2, 0.25) is 0 Å². The fourth-order valence-electron chi connectivity index (χ4n) is 2.27. The Balaban J connectivity index is 3.04. The molecule has 106 valence electrons. The van der Waals surface area contributed by atoms with Crippen LogP contribution in [0.5, 0.6) is 0 Å². The summed E-state index contributed by atoms with van der Waals surface area (Å²) in [5.41, 5.74) is 3.16. The van der Waals surface area contributed by atoms with Crippen LogP contribution in [0.4, 0.5) is 0 Å². The van der Waals surface area contributed by atoms with E-state index in [4.69, 9.17) is 4.74 Å². The number of esters is 1. The van der Waals surface area contributed by atoms with Gasteiger partial charge in [0.05, 0.1) is 12.2 Å². The lowest BCUT2D eigenvalue weighted by atomic mass is 9.94. The van der Waals surface area contributed by atoms with Gasteiger partial charge >= 0.3 is 5.97 Å². The Bertz CT molecular complexity index is 391. The maximum absolute atomic E-state index is 11.9. The average Bonchev–Trinajstić information content (AvgIpc) is 2.26. The van der Waals surface area contributed by atoms with E-state index in [2.05, 4.69) is 33.8 Å². The van der Waals surface area contributed by atoms with Gasteiger partial charge in [-0.1, -0.05) is 33.8 Å². The Morgan fingerprint density at radius 1 is 1.00 bits per heavy atom. The van der Waals surface area contributed by atoms with E-state index in [0.29, 0.717) is 24.0 Å². The molecule has 0 fully saturated rings. The summed E-state index contributed by atoms with van der Waals surface area (Å²) in [6.07, 6.45) is 2.00. The van der Waals surface area contributed by atoms with Crippen LogP contribution in [0.3, 0.4) is 0 Å². The molecule has 1 aromatic rings. The molecule has 0 radical (unpaired) electrons. The van der Waals surface area contributed by atoms with Gasteiger partial charge in [-0.3, -0.25) is 0 Å². The normalized spacial score (nSPS) is 11.1. The molecule has 0 N–H and O–H groups in total. The van der Waals surface area contributed by atoms with Crippen molar-refractivity contribution in [3.8, 4) is 0 Å². The van der Waals surface area contributed by atoms with Crippen LogP contribution in [-0.4, -0.2) is 12.6 Å². The lowest BCUT2D eigenvalue weighted by Crippen LogP contribution is -2.08. The Hall–Kier alpha value is -1.31. The molecule has 0 amide bonds. The molecule has 2 nitrogen and oxygen atoms in total. The summed E-state index contributed by atoms with van der Waals surface area (Å²) >= 11 is 0. The highest BCUT2D eigenvalue weighted by Gasteiger charge is 2.11. The van der Waals surface area contributed by atoms with Gasteiger partial charge in [0, 0.05) is 0 Å². The highest BCUT2D eigenvalue weighted by Crippen LogP contribution is 2.18. The predicted octanol–water partition coefficient (Wildman–Crippen LogP) is 4.26. The maximum atomic E-state index is 11.9. The van der Waals surface area contributed by atoms with Crippen molar-refractivity contribution in [2.24, 2.45) is 11.8 Å². The first kappa shape index (κ1) is 15.7. The highest BCUT2D eigenvalue weighted by molar-refractivity contribution is 5.89. The standard InChI is InChI=1S/C17H26O2/c1-6-19-17(18)16-10-14(7-12(2)3)9-15(11-16)8-13(4)5/h9-13H,6-8H2,1-5H3. The van der Waals surface area contributed by atoms with Crippen molar-refractivity contribution in [3.05, 3.63) is 34.9 Å². The first-order valence-electron chi connectivity index (χ1n) is 7.22. The lowest BCUT2D eigenvalue weighted by Gasteiger charge is -2.12. The van der Waals surface area contributed by atoms with Crippen molar-refractivity contribution >= 4 is 5.97 Å². The highest BCUT2D eigenvalue weighted by atomic mass is 16.5. The zero-order valence-electron chi connectivity index (χ0n) is 12.8. The second kappa shape index (κ2) is 7.32. The van der Waals surface area contributed by atoms with Crippen LogP contribution in [0.15, 0.2) is 18.2 Å². The molecule has 0 aliphatic rings. The molecule has 19 heavy (non-hydrogen) atoms. The molecule has 2 heteroatoms. The molecule has 0 aromatic heterocycles. The van der Waals surface area contributed by atoms with E-state index in [0.717, 1.165) is 12.8 Å². The van der Waals surface area contributed by atoms with Crippen molar-refractivity contribution in [1.82, 2.24) is 0 Å². The fraction of sp³-hybridized carbons (Fsp3) is 0.588. The van der Waals surface area contributed by atoms with Crippen molar-refractivity contribution in [2.75, 3.05) is 6.61 Å². The minimum atomic E-state index is -0.210. The van der Waals surface area contributed by atoms with Crippen LogP contribution in [0, 0.1) is 11.8 Å². The molecule has 0 heterocycles. The zero-order chi connectivity index (χ0) is 14.4. The van der Waals surface area contributed by atoms with Gasteiger partial charge in [-0.05, 0) is 54.9 Å². The van der Waals surface area contributed by atoms with E-state index in [9.17, 15) is 4.79 Å². The lowest BCUT2D eigenvalue weighted by molar-refractivity contribution is 0.0526. The average molecular weight is 262 g/mol. The Kier molecular flexibility index (Phi) is 6.07. The van der Waals surface area contributed by atoms with E-state index in [-0.39, 0.29) is 5.97 Å². The molecular formula is C17H26O2. The summed E-state index contributed by atoms with van der Waals surface area (Å²) in [5, 5.41) is 0. The summed E-state index contributed by atoms with van der Waals surface area (Å²) < 4.78 is 5.11. The van der Waals surface area contributed by atoms with Crippen LogP contribution < -0.4 is 0 Å². The molecule has 0 aliphatic heterocycles. The van der Waals surface area contributed by atoms with E-state index in [1.807, 2.05) is 19.1 Å². The summed E-state index contributed by atoms with van der Waals surface area (Å²) in [7, 11) is 0.